The molecule has 2 rings (SSSR count). The smallest absolute Gasteiger partial charge is 0.131 e. The summed E-state index contributed by atoms with van der Waals surface area (Å²) in [5.74, 6) is 0. The summed E-state index contributed by atoms with van der Waals surface area (Å²) in [6.45, 7) is 4.07. The lowest BCUT2D eigenvalue weighted by molar-refractivity contribution is 0.193. The minimum Gasteiger partial charge on any atom is -0.282 e. The summed E-state index contributed by atoms with van der Waals surface area (Å²) >= 11 is 3.42. The molecule has 2 nitrogen and oxygen atoms in total. The third-order valence-electron chi connectivity index (χ3n) is 3.36. The molecule has 1 aliphatic rings. The number of benzene rings is 1. The van der Waals surface area contributed by atoms with Gasteiger partial charge in [-0.2, -0.15) is 5.26 Å². The van der Waals surface area contributed by atoms with E-state index < -0.39 is 5.54 Å². The van der Waals surface area contributed by atoms with Gasteiger partial charge in [0.15, 0.2) is 0 Å². The largest absolute Gasteiger partial charge is 0.282 e. The van der Waals surface area contributed by atoms with Gasteiger partial charge < -0.3 is 0 Å². The second-order valence-electron chi connectivity index (χ2n) is 4.39. The first-order chi connectivity index (χ1) is 7.66. The number of hydrogen-bond donors (Lipinski definition) is 0. The quantitative estimate of drug-likeness (QED) is 0.830. The van der Waals surface area contributed by atoms with Crippen LogP contribution in [0.4, 0.5) is 0 Å². The van der Waals surface area contributed by atoms with Crippen molar-refractivity contribution in [3.63, 3.8) is 0 Å². The Morgan fingerprint density at radius 2 is 1.81 bits per heavy atom. The Morgan fingerprint density at radius 1 is 1.25 bits per heavy atom. The molecule has 0 N–H and O–H groups in total. The highest BCUT2D eigenvalue weighted by molar-refractivity contribution is 9.10. The van der Waals surface area contributed by atoms with Crippen LogP contribution in [0.1, 0.15) is 25.3 Å². The molecule has 0 saturated carbocycles. The topological polar surface area (TPSA) is 27.0 Å². The summed E-state index contributed by atoms with van der Waals surface area (Å²) in [5.41, 5.74) is 0.608. The Labute approximate surface area is 105 Å². The first-order valence-corrected chi connectivity index (χ1v) is 6.38. The van der Waals surface area contributed by atoms with E-state index in [0.717, 1.165) is 23.1 Å². The van der Waals surface area contributed by atoms with Crippen LogP contribution in [-0.2, 0) is 5.54 Å². The minimum absolute atomic E-state index is 0.475. The van der Waals surface area contributed by atoms with Crippen LogP contribution < -0.4 is 0 Å². The second-order valence-corrected chi connectivity index (χ2v) is 5.30. The number of nitrogens with zero attached hydrogens (tertiary/aromatic N) is 2. The average molecular weight is 279 g/mol. The van der Waals surface area contributed by atoms with Gasteiger partial charge in [-0.05, 0) is 50.6 Å². The van der Waals surface area contributed by atoms with E-state index in [4.69, 9.17) is 0 Å². The van der Waals surface area contributed by atoms with Crippen LogP contribution in [-0.4, -0.2) is 18.0 Å². The molecule has 84 valence electrons. The third-order valence-corrected chi connectivity index (χ3v) is 3.89. The fourth-order valence-corrected chi connectivity index (χ4v) is 2.52. The maximum absolute atomic E-state index is 9.47. The van der Waals surface area contributed by atoms with Crippen molar-refractivity contribution in [2.45, 2.75) is 25.3 Å². The van der Waals surface area contributed by atoms with E-state index in [0.29, 0.717) is 0 Å². The predicted octanol–water partition coefficient (Wildman–Crippen LogP) is 3.28. The fourth-order valence-electron chi connectivity index (χ4n) is 2.26. The zero-order valence-corrected chi connectivity index (χ0v) is 11.0. The monoisotopic (exact) mass is 278 g/mol. The summed E-state index contributed by atoms with van der Waals surface area (Å²) in [5, 5.41) is 9.47. The molecule has 1 saturated heterocycles. The number of nitriles is 1. The standard InChI is InChI=1S/C13H15BrN2/c1-13(10-15,16-8-2-3-9-16)11-4-6-12(14)7-5-11/h4-7H,2-3,8-9H2,1H3. The Morgan fingerprint density at radius 3 is 2.31 bits per heavy atom. The molecule has 0 amide bonds. The summed E-state index contributed by atoms with van der Waals surface area (Å²) in [7, 11) is 0. The summed E-state index contributed by atoms with van der Waals surface area (Å²) < 4.78 is 1.05. The van der Waals surface area contributed by atoms with Crippen LogP contribution in [0.25, 0.3) is 0 Å². The van der Waals surface area contributed by atoms with Gasteiger partial charge in [0.2, 0.25) is 0 Å². The predicted molar refractivity (Wildman–Crippen MR) is 67.9 cm³/mol. The molecular weight excluding hydrogens is 264 g/mol. The Bertz CT molecular complexity index is 401. The van der Waals surface area contributed by atoms with Crippen LogP contribution in [0.2, 0.25) is 0 Å². The van der Waals surface area contributed by atoms with E-state index in [9.17, 15) is 5.26 Å². The van der Waals surface area contributed by atoms with E-state index in [2.05, 4.69) is 26.9 Å². The highest BCUT2D eigenvalue weighted by atomic mass is 79.9. The van der Waals surface area contributed by atoms with Crippen molar-refractivity contribution in [3.8, 4) is 6.07 Å². The van der Waals surface area contributed by atoms with Crippen molar-refractivity contribution in [2.24, 2.45) is 0 Å². The van der Waals surface area contributed by atoms with Gasteiger partial charge in [-0.1, -0.05) is 28.1 Å². The Kier molecular flexibility index (Phi) is 3.32. The molecule has 1 unspecified atom stereocenters. The van der Waals surface area contributed by atoms with Gasteiger partial charge in [-0.25, -0.2) is 0 Å². The van der Waals surface area contributed by atoms with Crippen molar-refractivity contribution in [1.82, 2.24) is 4.90 Å². The van der Waals surface area contributed by atoms with Gasteiger partial charge in [0, 0.05) is 4.47 Å². The molecule has 1 heterocycles. The second kappa shape index (κ2) is 4.57. The third kappa shape index (κ3) is 2.00. The normalized spacial score (nSPS) is 20.3. The molecule has 3 heteroatoms. The lowest BCUT2D eigenvalue weighted by Crippen LogP contribution is -2.40. The summed E-state index contributed by atoms with van der Waals surface area (Å²) in [6, 6.07) is 10.5. The van der Waals surface area contributed by atoms with Gasteiger partial charge in [0.25, 0.3) is 0 Å². The molecule has 1 fully saturated rings. The molecule has 1 atom stereocenters. The molecule has 0 spiro atoms. The van der Waals surface area contributed by atoms with Crippen LogP contribution in [0.5, 0.6) is 0 Å². The molecular formula is C13H15BrN2. The van der Waals surface area contributed by atoms with Crippen molar-refractivity contribution in [3.05, 3.63) is 34.3 Å². The molecule has 1 aliphatic heterocycles. The molecule has 0 aliphatic carbocycles. The molecule has 0 bridgehead atoms. The SMILES string of the molecule is CC(C#N)(c1ccc(Br)cc1)N1CCCC1. The van der Waals surface area contributed by atoms with Gasteiger partial charge in [-0.3, -0.25) is 4.90 Å². The lowest BCUT2D eigenvalue weighted by atomic mass is 9.92. The first kappa shape index (κ1) is 11.6. The maximum Gasteiger partial charge on any atom is 0.131 e. The summed E-state index contributed by atoms with van der Waals surface area (Å²) in [4.78, 5) is 2.27. The number of rotatable bonds is 2. The van der Waals surface area contributed by atoms with Gasteiger partial charge in [-0.15, -0.1) is 0 Å². The highest BCUT2D eigenvalue weighted by Gasteiger charge is 2.35. The van der Waals surface area contributed by atoms with E-state index in [1.54, 1.807) is 0 Å². The van der Waals surface area contributed by atoms with E-state index >= 15 is 0 Å². The number of hydrogen-bond acceptors (Lipinski definition) is 2. The molecule has 1 aromatic carbocycles. The zero-order valence-electron chi connectivity index (χ0n) is 9.41. The van der Waals surface area contributed by atoms with Crippen molar-refractivity contribution in [1.29, 1.82) is 5.26 Å². The zero-order chi connectivity index (χ0) is 11.6. The molecule has 1 aromatic rings. The minimum atomic E-state index is -0.475. The van der Waals surface area contributed by atoms with E-state index in [1.807, 2.05) is 31.2 Å². The Hall–Kier alpha value is -0.850. The molecule has 0 aromatic heterocycles. The van der Waals surface area contributed by atoms with Crippen molar-refractivity contribution in [2.75, 3.05) is 13.1 Å². The van der Waals surface area contributed by atoms with Crippen LogP contribution in [0.3, 0.4) is 0 Å². The van der Waals surface area contributed by atoms with Gasteiger partial charge in [0.1, 0.15) is 5.54 Å². The van der Waals surface area contributed by atoms with Crippen molar-refractivity contribution < 1.29 is 0 Å². The average Bonchev–Trinajstić information content (AvgIpc) is 2.83. The molecule has 0 radical (unpaired) electrons. The van der Waals surface area contributed by atoms with Gasteiger partial charge >= 0.3 is 0 Å². The number of halogens is 1. The van der Waals surface area contributed by atoms with Crippen LogP contribution in [0, 0.1) is 11.3 Å². The Balaban J connectivity index is 2.34. The lowest BCUT2D eigenvalue weighted by Gasteiger charge is -2.32. The van der Waals surface area contributed by atoms with Crippen molar-refractivity contribution >= 4 is 15.9 Å². The van der Waals surface area contributed by atoms with Crippen LogP contribution in [0.15, 0.2) is 28.7 Å². The van der Waals surface area contributed by atoms with Crippen LogP contribution >= 0.6 is 15.9 Å². The van der Waals surface area contributed by atoms with E-state index in [-0.39, 0.29) is 0 Å². The highest BCUT2D eigenvalue weighted by Crippen LogP contribution is 2.31. The summed E-state index contributed by atoms with van der Waals surface area (Å²) in [6.07, 6.45) is 2.40. The van der Waals surface area contributed by atoms with Gasteiger partial charge in [0.05, 0.1) is 6.07 Å². The fraction of sp³-hybridized carbons (Fsp3) is 0.462. The first-order valence-electron chi connectivity index (χ1n) is 5.59. The molecule has 16 heavy (non-hydrogen) atoms. The maximum atomic E-state index is 9.47. The van der Waals surface area contributed by atoms with E-state index in [1.165, 1.54) is 12.8 Å². The number of likely N-dealkylation sites (tertiary alicyclic amines) is 1.